The molecule has 4 aromatic rings. The Kier molecular flexibility index (Phi) is 4.25. The van der Waals surface area contributed by atoms with Crippen LogP contribution in [0.15, 0.2) is 51.8 Å². The molecule has 3 heterocycles. The van der Waals surface area contributed by atoms with Gasteiger partial charge >= 0.3 is 5.76 Å². The molecule has 0 atom stereocenters. The Hall–Kier alpha value is -3.65. The highest BCUT2D eigenvalue weighted by atomic mass is 16.4. The first-order chi connectivity index (χ1) is 14.1. The van der Waals surface area contributed by atoms with Crippen molar-refractivity contribution in [3.63, 3.8) is 0 Å². The number of nitrogens with one attached hydrogen (secondary N) is 4. The summed E-state index contributed by atoms with van der Waals surface area (Å²) in [5.41, 5.74) is 6.51. The third kappa shape index (κ3) is 3.57. The molecule has 0 unspecified atom stereocenters. The second-order valence-corrected chi connectivity index (χ2v) is 7.11. The van der Waals surface area contributed by atoms with Crippen molar-refractivity contribution >= 4 is 34.2 Å². The molecule has 0 amide bonds. The van der Waals surface area contributed by atoms with Gasteiger partial charge in [-0.05, 0) is 61.3 Å². The van der Waals surface area contributed by atoms with Crippen molar-refractivity contribution in [2.45, 2.75) is 19.9 Å². The van der Waals surface area contributed by atoms with Gasteiger partial charge in [0.1, 0.15) is 5.82 Å². The summed E-state index contributed by atoms with van der Waals surface area (Å²) in [5, 5.41) is 9.96. The molecule has 0 aliphatic carbocycles. The van der Waals surface area contributed by atoms with Crippen LogP contribution in [0.4, 0.5) is 23.1 Å². The van der Waals surface area contributed by atoms with Crippen molar-refractivity contribution < 1.29 is 4.42 Å². The molecule has 1 aliphatic rings. The maximum Gasteiger partial charge on any atom is 0.417 e. The summed E-state index contributed by atoms with van der Waals surface area (Å²) >= 11 is 0. The minimum atomic E-state index is -0.470. The predicted octanol–water partition coefficient (Wildman–Crippen LogP) is 3.35. The van der Waals surface area contributed by atoms with Crippen molar-refractivity contribution in [1.82, 2.24) is 20.3 Å². The fraction of sp³-hybridized carbons (Fsp3) is 0.190. The van der Waals surface area contributed by atoms with E-state index in [1.165, 1.54) is 11.1 Å². The minimum Gasteiger partial charge on any atom is -0.408 e. The highest BCUT2D eigenvalue weighted by molar-refractivity contribution is 5.78. The van der Waals surface area contributed by atoms with Gasteiger partial charge in [0.15, 0.2) is 5.58 Å². The van der Waals surface area contributed by atoms with Gasteiger partial charge in [-0.25, -0.2) is 9.78 Å². The second kappa shape index (κ2) is 7.06. The van der Waals surface area contributed by atoms with Gasteiger partial charge in [-0.1, -0.05) is 6.07 Å². The van der Waals surface area contributed by atoms with Crippen molar-refractivity contribution in [2.75, 3.05) is 17.2 Å². The van der Waals surface area contributed by atoms with Crippen LogP contribution in [-0.4, -0.2) is 21.5 Å². The average molecular weight is 388 g/mol. The molecule has 8 nitrogen and oxygen atoms in total. The number of fused-ring (bicyclic) bond motifs is 2. The lowest BCUT2D eigenvalue weighted by Crippen LogP contribution is -2.23. The Bertz CT molecular complexity index is 1260. The predicted molar refractivity (Wildman–Crippen MR) is 112 cm³/mol. The quantitative estimate of drug-likeness (QED) is 0.425. The molecule has 2 aromatic heterocycles. The van der Waals surface area contributed by atoms with E-state index >= 15 is 0 Å². The Labute approximate surface area is 166 Å². The Morgan fingerprint density at radius 1 is 1.07 bits per heavy atom. The van der Waals surface area contributed by atoms with Gasteiger partial charge in [0.2, 0.25) is 5.95 Å². The van der Waals surface area contributed by atoms with Crippen LogP contribution >= 0.6 is 0 Å². The van der Waals surface area contributed by atoms with Crippen molar-refractivity contribution in [3.8, 4) is 0 Å². The van der Waals surface area contributed by atoms with Gasteiger partial charge in [-0.15, -0.1) is 0 Å². The van der Waals surface area contributed by atoms with Gasteiger partial charge in [0.05, 0.1) is 5.52 Å². The Balaban J connectivity index is 1.40. The molecule has 0 saturated heterocycles. The summed E-state index contributed by atoms with van der Waals surface area (Å²) in [6.45, 7) is 3.85. The monoisotopic (exact) mass is 388 g/mol. The van der Waals surface area contributed by atoms with E-state index in [-0.39, 0.29) is 0 Å². The highest BCUT2D eigenvalue weighted by Gasteiger charge is 2.11. The number of benzene rings is 2. The van der Waals surface area contributed by atoms with E-state index in [1.807, 2.05) is 25.1 Å². The minimum absolute atomic E-state index is 0.470. The van der Waals surface area contributed by atoms with E-state index in [0.717, 1.165) is 36.4 Å². The molecule has 0 saturated carbocycles. The van der Waals surface area contributed by atoms with Crippen LogP contribution in [0.5, 0.6) is 0 Å². The molecule has 29 heavy (non-hydrogen) atoms. The zero-order chi connectivity index (χ0) is 19.8. The molecule has 0 bridgehead atoms. The zero-order valence-electron chi connectivity index (χ0n) is 15.9. The lowest BCUT2D eigenvalue weighted by molar-refractivity contribution is 0.555. The lowest BCUT2D eigenvalue weighted by Gasteiger charge is -2.18. The van der Waals surface area contributed by atoms with Gasteiger partial charge in [-0.3, -0.25) is 4.98 Å². The summed E-state index contributed by atoms with van der Waals surface area (Å²) in [7, 11) is 0. The standard InChI is InChI=1S/C21H20N6O2/c1-12-10-23-20(25-15-3-2-14-11-22-7-6-13(14)8-15)27-19(12)24-16-4-5-18-17(9-16)26-21(28)29-18/h2-5,8-10,22H,6-7,11H2,1H3,(H,26,28)(H2,23,24,25,27). The number of anilines is 4. The number of aromatic amines is 1. The van der Waals surface area contributed by atoms with Gasteiger partial charge in [-0.2, -0.15) is 4.98 Å². The summed E-state index contributed by atoms with van der Waals surface area (Å²) < 4.78 is 5.04. The summed E-state index contributed by atoms with van der Waals surface area (Å²) in [4.78, 5) is 23.0. The molecule has 1 aliphatic heterocycles. The average Bonchev–Trinajstić information content (AvgIpc) is 3.10. The van der Waals surface area contributed by atoms with E-state index in [0.29, 0.717) is 22.9 Å². The molecule has 8 heteroatoms. The van der Waals surface area contributed by atoms with Crippen LogP contribution in [0, 0.1) is 6.92 Å². The number of H-pyrrole nitrogens is 1. The molecule has 5 rings (SSSR count). The number of rotatable bonds is 4. The first-order valence-corrected chi connectivity index (χ1v) is 9.47. The third-order valence-corrected chi connectivity index (χ3v) is 5.00. The van der Waals surface area contributed by atoms with Gasteiger partial charge in [0.25, 0.3) is 0 Å². The van der Waals surface area contributed by atoms with Crippen molar-refractivity contribution in [2.24, 2.45) is 0 Å². The topological polar surface area (TPSA) is 108 Å². The maximum absolute atomic E-state index is 11.3. The summed E-state index contributed by atoms with van der Waals surface area (Å²) in [6, 6.07) is 11.7. The lowest BCUT2D eigenvalue weighted by atomic mass is 10.0. The SMILES string of the molecule is Cc1cnc(Nc2ccc3c(c2)CCNC3)nc1Nc1ccc2oc(=O)[nH]c2c1. The molecule has 2 aromatic carbocycles. The second-order valence-electron chi connectivity index (χ2n) is 7.11. The first-order valence-electron chi connectivity index (χ1n) is 9.47. The van der Waals surface area contributed by atoms with E-state index in [9.17, 15) is 4.79 Å². The smallest absolute Gasteiger partial charge is 0.408 e. The van der Waals surface area contributed by atoms with E-state index in [4.69, 9.17) is 4.42 Å². The summed E-state index contributed by atoms with van der Waals surface area (Å²) in [5.74, 6) is 0.738. The zero-order valence-corrected chi connectivity index (χ0v) is 15.9. The van der Waals surface area contributed by atoms with Crippen LogP contribution in [-0.2, 0) is 13.0 Å². The number of hydrogen-bond donors (Lipinski definition) is 4. The Morgan fingerprint density at radius 2 is 1.93 bits per heavy atom. The summed E-state index contributed by atoms with van der Waals surface area (Å²) in [6.07, 6.45) is 2.79. The van der Waals surface area contributed by atoms with E-state index < -0.39 is 5.76 Å². The van der Waals surface area contributed by atoms with E-state index in [2.05, 4.69) is 43.0 Å². The maximum atomic E-state index is 11.3. The van der Waals surface area contributed by atoms with Crippen LogP contribution in [0.2, 0.25) is 0 Å². The highest BCUT2D eigenvalue weighted by Crippen LogP contribution is 2.24. The fourth-order valence-corrected chi connectivity index (χ4v) is 3.48. The number of oxazole rings is 1. The van der Waals surface area contributed by atoms with Crippen LogP contribution in [0.1, 0.15) is 16.7 Å². The largest absolute Gasteiger partial charge is 0.417 e. The molecule has 0 fully saturated rings. The van der Waals surface area contributed by atoms with E-state index in [1.54, 1.807) is 12.3 Å². The van der Waals surface area contributed by atoms with Crippen LogP contribution in [0.3, 0.4) is 0 Å². The molecule has 146 valence electrons. The molecule has 0 radical (unpaired) electrons. The molecular weight excluding hydrogens is 368 g/mol. The van der Waals surface area contributed by atoms with Gasteiger partial charge < -0.3 is 20.4 Å². The van der Waals surface area contributed by atoms with Gasteiger partial charge in [0, 0.05) is 29.7 Å². The molecular formula is C21H20N6O2. The Morgan fingerprint density at radius 3 is 2.86 bits per heavy atom. The number of hydrogen-bond acceptors (Lipinski definition) is 7. The number of aryl methyl sites for hydroxylation is 1. The molecule has 0 spiro atoms. The first kappa shape index (κ1) is 17.4. The third-order valence-electron chi connectivity index (χ3n) is 5.00. The molecule has 4 N–H and O–H groups in total. The van der Waals surface area contributed by atoms with Crippen LogP contribution < -0.4 is 21.7 Å². The van der Waals surface area contributed by atoms with Crippen molar-refractivity contribution in [1.29, 1.82) is 0 Å². The fourth-order valence-electron chi connectivity index (χ4n) is 3.48. The number of nitrogens with zero attached hydrogens (tertiary/aromatic N) is 2. The normalized spacial score (nSPS) is 13.3. The number of aromatic nitrogens is 3. The van der Waals surface area contributed by atoms with Crippen molar-refractivity contribution in [3.05, 3.63) is 69.8 Å². The van der Waals surface area contributed by atoms with Crippen LogP contribution in [0.25, 0.3) is 11.1 Å².